The highest BCUT2D eigenvalue weighted by Crippen LogP contribution is 2.19. The van der Waals surface area contributed by atoms with Gasteiger partial charge in [0, 0.05) is 11.3 Å². The van der Waals surface area contributed by atoms with E-state index in [2.05, 4.69) is 15.5 Å². The maximum absolute atomic E-state index is 12.9. The van der Waals surface area contributed by atoms with Crippen LogP contribution >= 0.6 is 0 Å². The predicted molar refractivity (Wildman–Crippen MR) is 78.8 cm³/mol. The monoisotopic (exact) mass is 297 g/mol. The van der Waals surface area contributed by atoms with E-state index in [4.69, 9.17) is 4.42 Å². The van der Waals surface area contributed by atoms with E-state index >= 15 is 0 Å². The van der Waals surface area contributed by atoms with E-state index in [1.807, 2.05) is 25.1 Å². The third kappa shape index (κ3) is 3.01. The van der Waals surface area contributed by atoms with Crippen LogP contribution in [-0.2, 0) is 0 Å². The van der Waals surface area contributed by atoms with E-state index in [9.17, 15) is 9.18 Å². The summed E-state index contributed by atoms with van der Waals surface area (Å²) in [6.45, 7) is 1.93. The molecule has 3 aromatic rings. The summed E-state index contributed by atoms with van der Waals surface area (Å²) in [6, 6.07) is 12.9. The molecule has 2 aromatic carbocycles. The molecule has 6 heteroatoms. The molecule has 110 valence electrons. The summed E-state index contributed by atoms with van der Waals surface area (Å²) in [4.78, 5) is 12.1. The normalized spacial score (nSPS) is 10.5. The van der Waals surface area contributed by atoms with Gasteiger partial charge in [0.2, 0.25) is 5.89 Å². The molecule has 0 radical (unpaired) electrons. The van der Waals surface area contributed by atoms with Gasteiger partial charge >= 0.3 is 11.8 Å². The van der Waals surface area contributed by atoms with Crippen LogP contribution in [0.25, 0.3) is 11.5 Å². The lowest BCUT2D eigenvalue weighted by atomic mass is 10.2. The van der Waals surface area contributed by atoms with Crippen LogP contribution in [0.3, 0.4) is 0 Å². The van der Waals surface area contributed by atoms with Gasteiger partial charge in [-0.25, -0.2) is 4.39 Å². The SMILES string of the molecule is Cc1cccc(NC(=O)c2nnc(-c3ccc(F)cc3)o2)c1. The molecular formula is C16H12FN3O2. The molecule has 1 aromatic heterocycles. The first-order valence-corrected chi connectivity index (χ1v) is 6.59. The molecule has 0 spiro atoms. The Balaban J connectivity index is 1.78. The molecule has 22 heavy (non-hydrogen) atoms. The van der Waals surface area contributed by atoms with Crippen molar-refractivity contribution in [1.29, 1.82) is 0 Å². The largest absolute Gasteiger partial charge is 0.412 e. The number of aromatic nitrogens is 2. The Bertz CT molecular complexity index is 812. The molecule has 0 bridgehead atoms. The summed E-state index contributed by atoms with van der Waals surface area (Å²) in [5, 5.41) is 10.2. The van der Waals surface area contributed by atoms with E-state index < -0.39 is 5.91 Å². The highest BCUT2D eigenvalue weighted by molar-refractivity contribution is 6.00. The maximum Gasteiger partial charge on any atom is 0.313 e. The van der Waals surface area contributed by atoms with Crippen LogP contribution < -0.4 is 5.32 Å². The number of benzene rings is 2. The van der Waals surface area contributed by atoms with Gasteiger partial charge in [0.15, 0.2) is 0 Å². The van der Waals surface area contributed by atoms with Gasteiger partial charge in [-0.3, -0.25) is 4.79 Å². The van der Waals surface area contributed by atoms with Crippen LogP contribution in [0.4, 0.5) is 10.1 Å². The van der Waals surface area contributed by atoms with E-state index in [-0.39, 0.29) is 17.6 Å². The van der Waals surface area contributed by atoms with Gasteiger partial charge in [0.25, 0.3) is 0 Å². The lowest BCUT2D eigenvalue weighted by molar-refractivity contribution is 0.0991. The Morgan fingerprint density at radius 3 is 2.64 bits per heavy atom. The van der Waals surface area contributed by atoms with Gasteiger partial charge in [0.1, 0.15) is 5.82 Å². The highest BCUT2D eigenvalue weighted by atomic mass is 19.1. The quantitative estimate of drug-likeness (QED) is 0.804. The van der Waals surface area contributed by atoms with Gasteiger partial charge in [-0.1, -0.05) is 12.1 Å². The number of aryl methyl sites for hydroxylation is 1. The van der Waals surface area contributed by atoms with E-state index in [1.54, 1.807) is 6.07 Å². The predicted octanol–water partition coefficient (Wildman–Crippen LogP) is 3.44. The molecule has 0 saturated carbocycles. The number of carbonyl (C=O) groups is 1. The molecule has 1 heterocycles. The first-order valence-electron chi connectivity index (χ1n) is 6.59. The number of nitrogens with zero attached hydrogens (tertiary/aromatic N) is 2. The Labute approximate surface area is 125 Å². The zero-order valence-electron chi connectivity index (χ0n) is 11.7. The number of hydrogen-bond acceptors (Lipinski definition) is 4. The zero-order valence-corrected chi connectivity index (χ0v) is 11.7. The molecule has 1 N–H and O–H groups in total. The molecule has 0 aliphatic rings. The van der Waals surface area contributed by atoms with Crippen molar-refractivity contribution in [3.63, 3.8) is 0 Å². The van der Waals surface area contributed by atoms with Gasteiger partial charge < -0.3 is 9.73 Å². The van der Waals surface area contributed by atoms with Crippen molar-refractivity contribution < 1.29 is 13.6 Å². The molecule has 5 nitrogen and oxygen atoms in total. The Kier molecular flexibility index (Phi) is 3.65. The van der Waals surface area contributed by atoms with Gasteiger partial charge in [-0.15, -0.1) is 10.2 Å². The first-order chi connectivity index (χ1) is 10.6. The summed E-state index contributed by atoms with van der Waals surface area (Å²) in [5.74, 6) is -0.845. The summed E-state index contributed by atoms with van der Waals surface area (Å²) in [6.07, 6.45) is 0. The Hall–Kier alpha value is -3.02. The Morgan fingerprint density at radius 1 is 1.14 bits per heavy atom. The smallest absolute Gasteiger partial charge is 0.313 e. The number of halogens is 1. The average molecular weight is 297 g/mol. The van der Waals surface area contributed by atoms with Crippen molar-refractivity contribution >= 4 is 11.6 Å². The molecule has 1 amide bonds. The standard InChI is InChI=1S/C16H12FN3O2/c1-10-3-2-4-13(9-10)18-14(21)16-20-19-15(22-16)11-5-7-12(17)8-6-11/h2-9H,1H3,(H,18,21). The lowest BCUT2D eigenvalue weighted by Gasteiger charge is -2.02. The van der Waals surface area contributed by atoms with Crippen molar-refractivity contribution in [3.8, 4) is 11.5 Å². The van der Waals surface area contributed by atoms with Gasteiger partial charge in [-0.2, -0.15) is 0 Å². The molecule has 3 rings (SSSR count). The molecule has 0 saturated heterocycles. The van der Waals surface area contributed by atoms with E-state index in [0.717, 1.165) is 5.56 Å². The molecule has 0 atom stereocenters. The van der Waals surface area contributed by atoms with Gasteiger partial charge in [-0.05, 0) is 48.9 Å². The minimum atomic E-state index is -0.494. The number of nitrogens with one attached hydrogen (secondary N) is 1. The molecule has 0 aliphatic carbocycles. The average Bonchev–Trinajstić information content (AvgIpc) is 2.98. The van der Waals surface area contributed by atoms with Crippen LogP contribution in [0.2, 0.25) is 0 Å². The summed E-state index contributed by atoms with van der Waals surface area (Å²) in [7, 11) is 0. The van der Waals surface area contributed by atoms with Crippen LogP contribution in [0.1, 0.15) is 16.2 Å². The minimum absolute atomic E-state index is 0.152. The number of amides is 1. The molecule has 0 fully saturated rings. The van der Waals surface area contributed by atoms with E-state index in [1.165, 1.54) is 24.3 Å². The summed E-state index contributed by atoms with van der Waals surface area (Å²) >= 11 is 0. The topological polar surface area (TPSA) is 68.0 Å². The highest BCUT2D eigenvalue weighted by Gasteiger charge is 2.16. The van der Waals surface area contributed by atoms with Crippen molar-refractivity contribution in [3.05, 3.63) is 65.8 Å². The maximum atomic E-state index is 12.9. The second kappa shape index (κ2) is 5.77. The number of rotatable bonds is 3. The van der Waals surface area contributed by atoms with Crippen molar-refractivity contribution in [2.24, 2.45) is 0 Å². The van der Waals surface area contributed by atoms with Crippen molar-refractivity contribution in [2.75, 3.05) is 5.32 Å². The van der Waals surface area contributed by atoms with Crippen LogP contribution in [-0.4, -0.2) is 16.1 Å². The minimum Gasteiger partial charge on any atom is -0.412 e. The second-order valence-electron chi connectivity index (χ2n) is 4.74. The third-order valence-electron chi connectivity index (χ3n) is 2.99. The van der Waals surface area contributed by atoms with E-state index in [0.29, 0.717) is 11.3 Å². The van der Waals surface area contributed by atoms with Crippen LogP contribution in [0, 0.1) is 12.7 Å². The third-order valence-corrected chi connectivity index (χ3v) is 2.99. The molecule has 0 unspecified atom stereocenters. The number of carbonyl (C=O) groups excluding carboxylic acids is 1. The molecule has 0 aliphatic heterocycles. The van der Waals surface area contributed by atoms with Crippen molar-refractivity contribution in [1.82, 2.24) is 10.2 Å². The fourth-order valence-electron chi connectivity index (χ4n) is 1.93. The zero-order chi connectivity index (χ0) is 15.5. The first kappa shape index (κ1) is 13.9. The summed E-state index contributed by atoms with van der Waals surface area (Å²) in [5.41, 5.74) is 2.21. The van der Waals surface area contributed by atoms with Gasteiger partial charge in [0.05, 0.1) is 0 Å². The fourth-order valence-corrected chi connectivity index (χ4v) is 1.93. The fraction of sp³-hybridized carbons (Fsp3) is 0.0625. The van der Waals surface area contributed by atoms with Crippen molar-refractivity contribution in [2.45, 2.75) is 6.92 Å². The van der Waals surface area contributed by atoms with Crippen LogP contribution in [0.5, 0.6) is 0 Å². The summed E-state index contributed by atoms with van der Waals surface area (Å²) < 4.78 is 18.2. The lowest BCUT2D eigenvalue weighted by Crippen LogP contribution is -2.12. The number of hydrogen-bond donors (Lipinski definition) is 1. The van der Waals surface area contributed by atoms with Crippen LogP contribution in [0.15, 0.2) is 52.9 Å². The Morgan fingerprint density at radius 2 is 1.91 bits per heavy atom. The second-order valence-corrected chi connectivity index (χ2v) is 4.74. The molecular weight excluding hydrogens is 285 g/mol. The number of anilines is 1.